The number of nitrogens with zero attached hydrogens (tertiary/aromatic N) is 2. The molecule has 1 N–H and O–H groups in total. The van der Waals surface area contributed by atoms with E-state index >= 15 is 0 Å². The lowest BCUT2D eigenvalue weighted by molar-refractivity contribution is 0.0923. The van der Waals surface area contributed by atoms with Crippen LogP contribution in [0.2, 0.25) is 0 Å². The molecule has 3 heteroatoms. The van der Waals surface area contributed by atoms with Gasteiger partial charge >= 0.3 is 0 Å². The lowest BCUT2D eigenvalue weighted by atomic mass is 10.1. The van der Waals surface area contributed by atoms with E-state index in [2.05, 4.69) is 42.9 Å². The lowest BCUT2D eigenvalue weighted by Gasteiger charge is -2.39. The van der Waals surface area contributed by atoms with Crippen LogP contribution in [0.1, 0.15) is 27.2 Å². The Morgan fingerprint density at radius 3 is 2.73 bits per heavy atom. The maximum atomic E-state index is 3.56. The molecule has 0 aromatic carbocycles. The van der Waals surface area contributed by atoms with Crippen LogP contribution < -0.4 is 5.32 Å². The van der Waals surface area contributed by atoms with Crippen molar-refractivity contribution in [1.29, 1.82) is 0 Å². The van der Waals surface area contributed by atoms with Crippen molar-refractivity contribution < 1.29 is 0 Å². The summed E-state index contributed by atoms with van der Waals surface area (Å²) < 4.78 is 0. The van der Waals surface area contributed by atoms with Gasteiger partial charge in [-0.25, -0.2) is 0 Å². The quantitative estimate of drug-likeness (QED) is 0.735. The molecule has 3 nitrogen and oxygen atoms in total. The van der Waals surface area contributed by atoms with Crippen LogP contribution in [0.3, 0.4) is 0 Å². The molecule has 1 heterocycles. The molecule has 1 fully saturated rings. The van der Waals surface area contributed by atoms with Crippen LogP contribution >= 0.6 is 0 Å². The molecule has 90 valence electrons. The lowest BCUT2D eigenvalue weighted by Crippen LogP contribution is -2.53. The molecule has 2 atom stereocenters. The normalized spacial score (nSPS) is 26.8. The number of nitrogens with one attached hydrogen (secondary N) is 1. The zero-order valence-electron chi connectivity index (χ0n) is 10.8. The molecule has 0 radical (unpaired) electrons. The number of hydrogen-bond donors (Lipinski definition) is 1. The molecule has 15 heavy (non-hydrogen) atoms. The predicted molar refractivity (Wildman–Crippen MR) is 66.3 cm³/mol. The first-order chi connectivity index (χ1) is 7.13. The number of piperazine rings is 1. The van der Waals surface area contributed by atoms with Crippen molar-refractivity contribution in [1.82, 2.24) is 15.1 Å². The highest BCUT2D eigenvalue weighted by atomic mass is 15.3. The molecule has 0 saturated carbocycles. The van der Waals surface area contributed by atoms with Crippen LogP contribution in [-0.4, -0.2) is 61.7 Å². The molecule has 1 aliphatic heterocycles. The molecule has 1 aliphatic rings. The van der Waals surface area contributed by atoms with Crippen LogP contribution in [0.4, 0.5) is 0 Å². The van der Waals surface area contributed by atoms with Gasteiger partial charge in [-0.1, -0.05) is 6.92 Å². The van der Waals surface area contributed by atoms with E-state index in [4.69, 9.17) is 0 Å². The Morgan fingerprint density at radius 2 is 2.13 bits per heavy atom. The van der Waals surface area contributed by atoms with Crippen molar-refractivity contribution in [3.05, 3.63) is 0 Å². The summed E-state index contributed by atoms with van der Waals surface area (Å²) in [5, 5.41) is 3.56. The highest BCUT2D eigenvalue weighted by Gasteiger charge is 2.22. The van der Waals surface area contributed by atoms with Gasteiger partial charge in [-0.15, -0.1) is 0 Å². The maximum Gasteiger partial charge on any atom is 0.0195 e. The van der Waals surface area contributed by atoms with Gasteiger partial charge in [0, 0.05) is 38.3 Å². The average Bonchev–Trinajstić information content (AvgIpc) is 2.19. The minimum Gasteiger partial charge on any atom is -0.313 e. The predicted octanol–water partition coefficient (Wildman–Crippen LogP) is 1.01. The Hall–Kier alpha value is -0.120. The maximum absolute atomic E-state index is 3.56. The van der Waals surface area contributed by atoms with E-state index in [1.807, 2.05) is 0 Å². The number of likely N-dealkylation sites (N-methyl/N-ethyl adjacent to an activating group) is 1. The van der Waals surface area contributed by atoms with Gasteiger partial charge in [-0.2, -0.15) is 0 Å². The minimum atomic E-state index is 0.621. The molecule has 2 unspecified atom stereocenters. The van der Waals surface area contributed by atoms with Crippen molar-refractivity contribution in [2.45, 2.75) is 39.3 Å². The van der Waals surface area contributed by atoms with Gasteiger partial charge < -0.3 is 10.2 Å². The Morgan fingerprint density at radius 1 is 1.40 bits per heavy atom. The second kappa shape index (κ2) is 6.46. The van der Waals surface area contributed by atoms with E-state index in [1.165, 1.54) is 32.6 Å². The molecule has 0 amide bonds. The van der Waals surface area contributed by atoms with Gasteiger partial charge in [0.05, 0.1) is 0 Å². The van der Waals surface area contributed by atoms with E-state index < -0.39 is 0 Å². The topological polar surface area (TPSA) is 18.5 Å². The summed E-state index contributed by atoms with van der Waals surface area (Å²) in [6.07, 6.45) is 1.22. The first kappa shape index (κ1) is 12.9. The summed E-state index contributed by atoms with van der Waals surface area (Å²) >= 11 is 0. The molecular formula is C12H27N3. The summed E-state index contributed by atoms with van der Waals surface area (Å²) in [6.45, 7) is 12.8. The van der Waals surface area contributed by atoms with Crippen LogP contribution in [0.25, 0.3) is 0 Å². The molecule has 0 aromatic heterocycles. The zero-order chi connectivity index (χ0) is 11.3. The van der Waals surface area contributed by atoms with E-state index in [0.717, 1.165) is 6.54 Å². The van der Waals surface area contributed by atoms with Crippen molar-refractivity contribution in [3.63, 3.8) is 0 Å². The number of rotatable bonds is 5. The first-order valence-corrected chi connectivity index (χ1v) is 6.29. The van der Waals surface area contributed by atoms with E-state index in [-0.39, 0.29) is 0 Å². The third-order valence-corrected chi connectivity index (χ3v) is 3.22. The Kier molecular flexibility index (Phi) is 5.58. The highest BCUT2D eigenvalue weighted by molar-refractivity contribution is 4.79. The van der Waals surface area contributed by atoms with Gasteiger partial charge in [0.15, 0.2) is 0 Å². The van der Waals surface area contributed by atoms with Crippen LogP contribution in [0.15, 0.2) is 0 Å². The molecule has 0 aromatic rings. The molecule has 0 bridgehead atoms. The van der Waals surface area contributed by atoms with Crippen molar-refractivity contribution in [2.24, 2.45) is 0 Å². The summed E-state index contributed by atoms with van der Waals surface area (Å²) in [7, 11) is 2.21. The first-order valence-electron chi connectivity index (χ1n) is 6.29. The standard InChI is InChI=1S/C12H27N3/c1-5-6-13-11(2)9-15-8-7-14(4)10-12(15)3/h11-13H,5-10H2,1-4H3. The van der Waals surface area contributed by atoms with Crippen LogP contribution in [0.5, 0.6) is 0 Å². The average molecular weight is 213 g/mol. The second-order valence-electron chi connectivity index (χ2n) is 4.96. The Balaban J connectivity index is 2.25. The summed E-state index contributed by atoms with van der Waals surface area (Å²) in [5.41, 5.74) is 0. The fraction of sp³-hybridized carbons (Fsp3) is 1.00. The molecule has 0 aliphatic carbocycles. The molecule has 1 saturated heterocycles. The molecular weight excluding hydrogens is 186 g/mol. The largest absolute Gasteiger partial charge is 0.313 e. The zero-order valence-corrected chi connectivity index (χ0v) is 10.8. The van der Waals surface area contributed by atoms with Gasteiger partial charge in [0.1, 0.15) is 0 Å². The van der Waals surface area contributed by atoms with Gasteiger partial charge in [0.2, 0.25) is 0 Å². The third kappa shape index (κ3) is 4.49. The highest BCUT2D eigenvalue weighted by Crippen LogP contribution is 2.08. The SMILES string of the molecule is CCCNC(C)CN1CCN(C)CC1C. The van der Waals surface area contributed by atoms with Crippen molar-refractivity contribution in [2.75, 3.05) is 39.8 Å². The summed E-state index contributed by atoms with van der Waals surface area (Å²) in [6, 6.07) is 1.32. The van der Waals surface area contributed by atoms with Crippen molar-refractivity contribution >= 4 is 0 Å². The molecule has 1 rings (SSSR count). The van der Waals surface area contributed by atoms with Gasteiger partial charge in [0.25, 0.3) is 0 Å². The van der Waals surface area contributed by atoms with E-state index in [1.54, 1.807) is 0 Å². The second-order valence-corrected chi connectivity index (χ2v) is 4.96. The fourth-order valence-corrected chi connectivity index (χ4v) is 2.26. The van der Waals surface area contributed by atoms with Crippen LogP contribution in [-0.2, 0) is 0 Å². The van der Waals surface area contributed by atoms with E-state index in [0.29, 0.717) is 12.1 Å². The van der Waals surface area contributed by atoms with E-state index in [9.17, 15) is 0 Å². The molecule has 0 spiro atoms. The third-order valence-electron chi connectivity index (χ3n) is 3.22. The van der Waals surface area contributed by atoms with Crippen LogP contribution in [0, 0.1) is 0 Å². The smallest absolute Gasteiger partial charge is 0.0195 e. The fourth-order valence-electron chi connectivity index (χ4n) is 2.26. The Bertz CT molecular complexity index is 172. The summed E-state index contributed by atoms with van der Waals surface area (Å²) in [4.78, 5) is 5.03. The number of hydrogen-bond acceptors (Lipinski definition) is 3. The van der Waals surface area contributed by atoms with Gasteiger partial charge in [-0.05, 0) is 33.9 Å². The monoisotopic (exact) mass is 213 g/mol. The van der Waals surface area contributed by atoms with Gasteiger partial charge in [-0.3, -0.25) is 4.90 Å². The summed E-state index contributed by atoms with van der Waals surface area (Å²) in [5.74, 6) is 0. The minimum absolute atomic E-state index is 0.621. The van der Waals surface area contributed by atoms with Crippen molar-refractivity contribution in [3.8, 4) is 0 Å². The Labute approximate surface area is 94.8 Å².